The lowest BCUT2D eigenvalue weighted by Crippen LogP contribution is -2.09. The lowest BCUT2D eigenvalue weighted by atomic mass is 9.99. The second-order valence-corrected chi connectivity index (χ2v) is 14.9. The summed E-state index contributed by atoms with van der Waals surface area (Å²) in [6, 6.07) is 71.0. The second kappa shape index (κ2) is 12.8. The molecule has 2 aliphatic heterocycles. The second-order valence-electron chi connectivity index (χ2n) is 14.9. The van der Waals surface area contributed by atoms with Gasteiger partial charge in [0.25, 0.3) is 0 Å². The van der Waals surface area contributed by atoms with E-state index in [1.165, 1.54) is 32.9 Å². The van der Waals surface area contributed by atoms with E-state index in [4.69, 9.17) is 15.0 Å². The van der Waals surface area contributed by atoms with Gasteiger partial charge < -0.3 is 4.57 Å². The maximum Gasteiger partial charge on any atom is 0.237 e. The first-order chi connectivity index (χ1) is 28.7. The monoisotopic (exact) mass is 739 g/mol. The molecule has 0 unspecified atom stereocenters. The molecule has 0 amide bonds. The summed E-state index contributed by atoms with van der Waals surface area (Å²) in [4.78, 5) is 15.8. The van der Waals surface area contributed by atoms with Crippen LogP contribution >= 0.6 is 0 Å². The van der Waals surface area contributed by atoms with Crippen molar-refractivity contribution in [1.29, 1.82) is 0 Å². The van der Waals surface area contributed by atoms with E-state index in [9.17, 15) is 0 Å². The fraction of sp³-hybridized carbons (Fsp3) is 0. The molecular formula is C53H33N5. The third-order valence-corrected chi connectivity index (χ3v) is 11.5. The Labute approximate surface area is 334 Å². The lowest BCUT2D eigenvalue weighted by Gasteiger charge is -2.18. The zero-order valence-corrected chi connectivity index (χ0v) is 31.3. The minimum absolute atomic E-state index is 0.587. The Balaban J connectivity index is 1.08. The summed E-state index contributed by atoms with van der Waals surface area (Å²) in [5, 5.41) is 5.62. The third-order valence-electron chi connectivity index (χ3n) is 11.5. The van der Waals surface area contributed by atoms with Gasteiger partial charge in [-0.15, -0.1) is 0 Å². The highest BCUT2D eigenvalue weighted by atomic mass is 15.2. The van der Waals surface area contributed by atoms with Gasteiger partial charge in [-0.2, -0.15) is 0 Å². The first kappa shape index (κ1) is 32.4. The molecule has 0 saturated carbocycles. The number of fused-ring (bicyclic) bond motifs is 8. The summed E-state index contributed by atoms with van der Waals surface area (Å²) in [7, 11) is 0. The number of aromatic nitrogens is 5. The maximum atomic E-state index is 5.36. The third kappa shape index (κ3) is 5.07. The largest absolute Gasteiger partial charge is 0.309 e. The summed E-state index contributed by atoms with van der Waals surface area (Å²) >= 11 is 0. The van der Waals surface area contributed by atoms with Crippen LogP contribution in [0.4, 0.5) is 0 Å². The Morgan fingerprint density at radius 2 is 0.948 bits per heavy atom. The Morgan fingerprint density at radius 3 is 1.78 bits per heavy atom. The van der Waals surface area contributed by atoms with Gasteiger partial charge in [-0.1, -0.05) is 146 Å². The van der Waals surface area contributed by atoms with Crippen LogP contribution in [0, 0.1) is 0 Å². The van der Waals surface area contributed by atoms with E-state index in [0.29, 0.717) is 5.95 Å². The van der Waals surface area contributed by atoms with Crippen LogP contribution in [-0.4, -0.2) is 24.1 Å². The molecule has 4 heterocycles. The van der Waals surface area contributed by atoms with E-state index < -0.39 is 0 Å². The fourth-order valence-electron chi connectivity index (χ4n) is 8.78. The van der Waals surface area contributed by atoms with Crippen molar-refractivity contribution in [2.45, 2.75) is 0 Å². The van der Waals surface area contributed by atoms with Crippen molar-refractivity contribution in [3.05, 3.63) is 200 Å². The lowest BCUT2D eigenvalue weighted by molar-refractivity contribution is 0.962. The quantitative estimate of drug-likeness (QED) is 0.177. The topological polar surface area (TPSA) is 48.5 Å². The summed E-state index contributed by atoms with van der Waals surface area (Å²) in [5.41, 5.74) is 13.9. The van der Waals surface area contributed by atoms with Crippen LogP contribution in [0.25, 0.3) is 111 Å². The van der Waals surface area contributed by atoms with Crippen molar-refractivity contribution < 1.29 is 0 Å². The van der Waals surface area contributed by atoms with Crippen LogP contribution in [0.5, 0.6) is 0 Å². The van der Waals surface area contributed by atoms with Crippen molar-refractivity contribution in [2.75, 3.05) is 0 Å². The van der Waals surface area contributed by atoms with Gasteiger partial charge in [0.05, 0.1) is 33.3 Å². The molecule has 0 saturated heterocycles. The molecule has 0 bridgehead atoms. The fourth-order valence-corrected chi connectivity index (χ4v) is 8.78. The Morgan fingerprint density at radius 1 is 0.328 bits per heavy atom. The van der Waals surface area contributed by atoms with E-state index in [0.717, 1.165) is 72.2 Å². The van der Waals surface area contributed by atoms with E-state index >= 15 is 0 Å². The van der Waals surface area contributed by atoms with E-state index in [-0.39, 0.29) is 0 Å². The zero-order chi connectivity index (χ0) is 38.2. The standard InChI is InChI=1S/C53H33N5/c1-3-14-34(15-4-1)36-18-13-19-40(30-36)57-48-25-12-9-21-42(48)44-31-37(28-29-49(44)57)38-26-27-39-32-45-41-20-7-10-23-46(41)54-52(45)58(50(39)33-38)53-55-47-24-11-8-22-43(47)51(56-53)35-16-5-2-6-17-35/h1-33H. The van der Waals surface area contributed by atoms with Crippen molar-refractivity contribution in [1.82, 2.24) is 24.1 Å². The number of hydrogen-bond donors (Lipinski definition) is 0. The van der Waals surface area contributed by atoms with Crippen LogP contribution < -0.4 is 0 Å². The predicted octanol–water partition coefficient (Wildman–Crippen LogP) is 13.3. The molecule has 12 rings (SSSR count). The number of para-hydroxylation sites is 3. The van der Waals surface area contributed by atoms with Gasteiger partial charge in [0.2, 0.25) is 5.95 Å². The molecule has 10 aromatic rings. The number of benzene rings is 8. The molecule has 5 heteroatoms. The summed E-state index contributed by atoms with van der Waals surface area (Å²) in [5.74, 6) is 1.42. The average Bonchev–Trinajstić information content (AvgIpc) is 3.83. The molecule has 5 nitrogen and oxygen atoms in total. The van der Waals surface area contributed by atoms with Crippen molar-refractivity contribution in [3.8, 4) is 56.5 Å². The molecule has 0 spiro atoms. The molecule has 270 valence electrons. The van der Waals surface area contributed by atoms with Crippen LogP contribution in [-0.2, 0) is 0 Å². The van der Waals surface area contributed by atoms with Crippen molar-refractivity contribution >= 4 is 54.5 Å². The van der Waals surface area contributed by atoms with Gasteiger partial charge in [-0.25, -0.2) is 15.0 Å². The maximum absolute atomic E-state index is 5.36. The number of hydrogen-bond acceptors (Lipinski definition) is 3. The molecule has 58 heavy (non-hydrogen) atoms. The highest BCUT2D eigenvalue weighted by molar-refractivity contribution is 6.11. The number of nitrogens with zero attached hydrogens (tertiary/aromatic N) is 5. The predicted molar refractivity (Wildman–Crippen MR) is 239 cm³/mol. The summed E-state index contributed by atoms with van der Waals surface area (Å²) in [6.45, 7) is 0. The van der Waals surface area contributed by atoms with E-state index in [2.05, 4.69) is 191 Å². The van der Waals surface area contributed by atoms with Crippen LogP contribution in [0.3, 0.4) is 0 Å². The molecule has 0 aliphatic carbocycles. The first-order valence-electron chi connectivity index (χ1n) is 19.6. The molecule has 0 fully saturated rings. The minimum Gasteiger partial charge on any atom is -0.309 e. The molecule has 2 aliphatic rings. The Bertz CT molecular complexity index is 3510. The van der Waals surface area contributed by atoms with Gasteiger partial charge in [0.15, 0.2) is 0 Å². The normalized spacial score (nSPS) is 11.8. The summed E-state index contributed by atoms with van der Waals surface area (Å²) < 4.78 is 4.55. The van der Waals surface area contributed by atoms with Gasteiger partial charge in [-0.05, 0) is 82.2 Å². The minimum atomic E-state index is 0.587. The number of pyridine rings is 1. The smallest absolute Gasteiger partial charge is 0.237 e. The molecule has 0 atom stereocenters. The molecule has 0 N–H and O–H groups in total. The van der Waals surface area contributed by atoms with Crippen LogP contribution in [0.1, 0.15) is 0 Å². The van der Waals surface area contributed by atoms with Gasteiger partial charge >= 0.3 is 0 Å². The highest BCUT2D eigenvalue weighted by Crippen LogP contribution is 2.40. The number of rotatable bonds is 5. The first-order valence-corrected chi connectivity index (χ1v) is 19.6. The zero-order valence-electron chi connectivity index (χ0n) is 31.3. The molecule has 8 aromatic carbocycles. The van der Waals surface area contributed by atoms with Gasteiger partial charge in [-0.3, -0.25) is 4.57 Å². The van der Waals surface area contributed by atoms with Gasteiger partial charge in [0.1, 0.15) is 5.82 Å². The Hall–Kier alpha value is -7.89. The summed E-state index contributed by atoms with van der Waals surface area (Å²) in [6.07, 6.45) is 0. The van der Waals surface area contributed by atoms with Gasteiger partial charge in [0, 0.05) is 38.4 Å². The molecule has 0 radical (unpaired) electrons. The van der Waals surface area contributed by atoms with Crippen molar-refractivity contribution in [2.24, 2.45) is 0 Å². The molecule has 2 aromatic heterocycles. The van der Waals surface area contributed by atoms with Crippen LogP contribution in [0.15, 0.2) is 200 Å². The van der Waals surface area contributed by atoms with E-state index in [1.54, 1.807) is 0 Å². The molecular weight excluding hydrogens is 707 g/mol. The SMILES string of the molecule is c1ccc(-c2cccc(-n3c4ccccc4c4cc(-c5ccc6cc7c8ccccc8nc-7n(-c7nc(-c8ccccc8)c8ccccc8n7)c6c5)ccc43)c2)cc1. The average molecular weight is 740 g/mol. The Kier molecular flexibility index (Phi) is 7.16. The van der Waals surface area contributed by atoms with E-state index in [1.807, 2.05) is 18.2 Å². The van der Waals surface area contributed by atoms with Crippen LogP contribution in [0.2, 0.25) is 0 Å². The highest BCUT2D eigenvalue weighted by Gasteiger charge is 2.23. The van der Waals surface area contributed by atoms with Crippen molar-refractivity contribution in [3.63, 3.8) is 0 Å².